The highest BCUT2D eigenvalue weighted by molar-refractivity contribution is 7.23. The fraction of sp³-hybridized carbons (Fsp3) is 0.0392. The third-order valence-corrected chi connectivity index (χ3v) is 13.0. The Morgan fingerprint density at radius 3 is 1.95 bits per heavy atom. The van der Waals surface area contributed by atoms with Gasteiger partial charge in [-0.2, -0.15) is 0 Å². The minimum atomic E-state index is -0.490. The number of anilines is 1. The van der Waals surface area contributed by atoms with Crippen molar-refractivity contribution in [2.45, 2.75) is 11.6 Å². The van der Waals surface area contributed by atoms with Crippen LogP contribution in [0.5, 0.6) is 0 Å². The molecule has 2 aliphatic rings. The molecular weight excluding hydrogens is 687 g/mol. The molecule has 0 radical (unpaired) electrons. The SMILES string of the molecule is c1ccc(C2(c3ccccc3)c3ccccc3-c3ccc(C4=NC(n5c6ccccc6c6cc7ccccc7cc65)c5c(sc6ccccc56)N4)cc32)cc1. The van der Waals surface area contributed by atoms with E-state index in [0.29, 0.717) is 0 Å². The molecule has 1 aliphatic heterocycles. The number of rotatable bonds is 4. The van der Waals surface area contributed by atoms with Crippen molar-refractivity contribution >= 4 is 64.8 Å². The van der Waals surface area contributed by atoms with Gasteiger partial charge in [-0.3, -0.25) is 0 Å². The monoisotopic (exact) mass is 719 g/mol. The standard InChI is InChI=1S/C51H33N3S/c1-3-17-35(18-4-1)51(36-19-5-2-6-20-36)42-24-12-9-21-37(42)38-28-27-34(30-43(38)51)48-52-49(47-40-23-11-14-26-46(40)55-50(47)53-48)54-44-25-13-10-22-39(44)41-29-32-15-7-8-16-33(32)31-45(41)54/h1-31,49H,(H,52,53). The van der Waals surface area contributed by atoms with Gasteiger partial charge >= 0.3 is 0 Å². The lowest BCUT2D eigenvalue weighted by atomic mass is 9.67. The van der Waals surface area contributed by atoms with Crippen LogP contribution in [0.2, 0.25) is 0 Å². The predicted molar refractivity (Wildman–Crippen MR) is 231 cm³/mol. The Morgan fingerprint density at radius 2 is 1.15 bits per heavy atom. The summed E-state index contributed by atoms with van der Waals surface area (Å²) in [6, 6.07) is 69.0. The maximum Gasteiger partial charge on any atom is 0.157 e. The van der Waals surface area contributed by atoms with Crippen LogP contribution in [0.25, 0.3) is 53.8 Å². The minimum absolute atomic E-state index is 0.288. The Balaban J connectivity index is 1.14. The first-order chi connectivity index (χ1) is 27.3. The molecule has 12 rings (SSSR count). The normalized spacial score (nSPS) is 15.5. The molecule has 0 amide bonds. The molecule has 258 valence electrons. The van der Waals surface area contributed by atoms with Crippen molar-refractivity contribution in [1.29, 1.82) is 0 Å². The van der Waals surface area contributed by atoms with Crippen LogP contribution in [0.4, 0.5) is 5.00 Å². The quantitative estimate of drug-likeness (QED) is 0.193. The van der Waals surface area contributed by atoms with Crippen LogP contribution in [-0.4, -0.2) is 10.4 Å². The number of thiophene rings is 1. The lowest BCUT2D eigenvalue weighted by molar-refractivity contribution is 0.659. The van der Waals surface area contributed by atoms with Crippen molar-refractivity contribution in [1.82, 2.24) is 4.57 Å². The highest BCUT2D eigenvalue weighted by Gasteiger charge is 2.46. The first kappa shape index (κ1) is 30.7. The van der Waals surface area contributed by atoms with Crippen LogP contribution in [0, 0.1) is 0 Å². The molecule has 0 saturated heterocycles. The molecule has 8 aromatic carbocycles. The molecule has 1 N–H and O–H groups in total. The molecule has 1 unspecified atom stereocenters. The van der Waals surface area contributed by atoms with Crippen molar-refractivity contribution in [2.75, 3.05) is 5.32 Å². The van der Waals surface area contributed by atoms with Gasteiger partial charge < -0.3 is 9.88 Å². The van der Waals surface area contributed by atoms with E-state index in [1.807, 2.05) is 11.3 Å². The zero-order valence-electron chi connectivity index (χ0n) is 29.8. The number of para-hydroxylation sites is 1. The molecule has 0 fully saturated rings. The average molecular weight is 720 g/mol. The van der Waals surface area contributed by atoms with Gasteiger partial charge in [-0.05, 0) is 74.5 Å². The third-order valence-electron chi connectivity index (χ3n) is 11.9. The van der Waals surface area contributed by atoms with Gasteiger partial charge in [0, 0.05) is 32.0 Å². The van der Waals surface area contributed by atoms with Crippen molar-refractivity contribution in [3.8, 4) is 11.1 Å². The van der Waals surface area contributed by atoms with Gasteiger partial charge in [0.15, 0.2) is 6.17 Å². The highest BCUT2D eigenvalue weighted by Crippen LogP contribution is 2.56. The van der Waals surface area contributed by atoms with Gasteiger partial charge in [-0.15, -0.1) is 11.3 Å². The lowest BCUT2D eigenvalue weighted by Gasteiger charge is -2.34. The molecule has 2 aromatic heterocycles. The van der Waals surface area contributed by atoms with Crippen LogP contribution in [-0.2, 0) is 5.41 Å². The lowest BCUT2D eigenvalue weighted by Crippen LogP contribution is -2.29. The molecule has 10 aromatic rings. The molecule has 3 heterocycles. The van der Waals surface area contributed by atoms with Gasteiger partial charge in [0.2, 0.25) is 0 Å². The highest BCUT2D eigenvalue weighted by atomic mass is 32.1. The summed E-state index contributed by atoms with van der Waals surface area (Å²) in [5.74, 6) is 0.879. The molecule has 0 bridgehead atoms. The van der Waals surface area contributed by atoms with E-state index < -0.39 is 5.41 Å². The van der Waals surface area contributed by atoms with Crippen molar-refractivity contribution in [3.05, 3.63) is 221 Å². The number of nitrogens with one attached hydrogen (secondary N) is 1. The number of fused-ring (bicyclic) bond motifs is 10. The van der Waals surface area contributed by atoms with E-state index in [1.165, 1.54) is 81.6 Å². The smallest absolute Gasteiger partial charge is 0.157 e. The third kappa shape index (κ3) is 4.29. The fourth-order valence-corrected chi connectivity index (χ4v) is 10.7. The Kier molecular flexibility index (Phi) is 6.48. The number of benzene rings is 8. The Hall–Kier alpha value is -6.75. The summed E-state index contributed by atoms with van der Waals surface area (Å²) in [5.41, 5.74) is 11.8. The number of aliphatic imine (C=N–C) groups is 1. The van der Waals surface area contributed by atoms with E-state index in [2.05, 4.69) is 198 Å². The van der Waals surface area contributed by atoms with Crippen LogP contribution < -0.4 is 5.32 Å². The molecule has 55 heavy (non-hydrogen) atoms. The predicted octanol–water partition coefficient (Wildman–Crippen LogP) is 12.9. The zero-order chi connectivity index (χ0) is 36.1. The van der Waals surface area contributed by atoms with E-state index in [4.69, 9.17) is 4.99 Å². The Morgan fingerprint density at radius 1 is 0.509 bits per heavy atom. The van der Waals surface area contributed by atoms with Crippen LogP contribution in [0.3, 0.4) is 0 Å². The van der Waals surface area contributed by atoms with Gasteiger partial charge in [0.25, 0.3) is 0 Å². The fourth-order valence-electron chi connectivity index (χ4n) is 9.61. The van der Waals surface area contributed by atoms with Crippen molar-refractivity contribution in [3.63, 3.8) is 0 Å². The number of nitrogens with zero attached hydrogens (tertiary/aromatic N) is 2. The second kappa shape index (κ2) is 11.6. The summed E-state index contributed by atoms with van der Waals surface area (Å²) in [7, 11) is 0. The topological polar surface area (TPSA) is 29.3 Å². The number of hydrogen-bond donors (Lipinski definition) is 1. The summed E-state index contributed by atoms with van der Waals surface area (Å²) < 4.78 is 3.74. The Labute approximate surface area is 322 Å². The first-order valence-corrected chi connectivity index (χ1v) is 19.7. The minimum Gasteiger partial charge on any atom is -0.331 e. The van der Waals surface area contributed by atoms with Gasteiger partial charge in [0.05, 0.1) is 16.4 Å². The van der Waals surface area contributed by atoms with Crippen molar-refractivity contribution < 1.29 is 0 Å². The number of amidine groups is 1. The molecule has 1 atom stereocenters. The second-order valence-corrected chi connectivity index (χ2v) is 15.8. The summed E-state index contributed by atoms with van der Waals surface area (Å²) in [6.45, 7) is 0. The summed E-state index contributed by atoms with van der Waals surface area (Å²) in [5, 5.41) is 11.2. The van der Waals surface area contributed by atoms with Gasteiger partial charge in [-0.25, -0.2) is 4.99 Å². The largest absolute Gasteiger partial charge is 0.331 e. The Bertz CT molecular complexity index is 3150. The first-order valence-electron chi connectivity index (χ1n) is 18.9. The van der Waals surface area contributed by atoms with E-state index in [0.717, 1.165) is 16.4 Å². The van der Waals surface area contributed by atoms with Crippen LogP contribution in [0.1, 0.15) is 39.5 Å². The average Bonchev–Trinajstić information content (AvgIpc) is 3.89. The maximum absolute atomic E-state index is 5.78. The molecule has 0 saturated carbocycles. The van der Waals surface area contributed by atoms with Crippen molar-refractivity contribution in [2.24, 2.45) is 4.99 Å². The maximum atomic E-state index is 5.78. The molecular formula is C51H33N3S. The molecule has 4 heteroatoms. The second-order valence-electron chi connectivity index (χ2n) is 14.7. The van der Waals surface area contributed by atoms with E-state index in [-0.39, 0.29) is 6.17 Å². The molecule has 0 spiro atoms. The summed E-state index contributed by atoms with van der Waals surface area (Å²) in [4.78, 5) is 5.78. The molecule has 1 aliphatic carbocycles. The van der Waals surface area contributed by atoms with E-state index in [1.54, 1.807) is 0 Å². The molecule has 3 nitrogen and oxygen atoms in total. The van der Waals surface area contributed by atoms with Gasteiger partial charge in [0.1, 0.15) is 10.8 Å². The van der Waals surface area contributed by atoms with Crippen LogP contribution >= 0.6 is 11.3 Å². The van der Waals surface area contributed by atoms with Crippen LogP contribution in [0.15, 0.2) is 193 Å². The van der Waals surface area contributed by atoms with E-state index in [9.17, 15) is 0 Å². The summed E-state index contributed by atoms with van der Waals surface area (Å²) >= 11 is 1.82. The zero-order valence-corrected chi connectivity index (χ0v) is 30.6. The summed E-state index contributed by atoms with van der Waals surface area (Å²) in [6.07, 6.45) is -0.288. The number of hydrogen-bond acceptors (Lipinski definition) is 3. The van der Waals surface area contributed by atoms with Gasteiger partial charge in [-0.1, -0.05) is 158 Å². The van der Waals surface area contributed by atoms with E-state index >= 15 is 0 Å². The number of aromatic nitrogens is 1.